The van der Waals surface area contributed by atoms with Crippen molar-refractivity contribution in [3.63, 3.8) is 0 Å². The molecule has 0 saturated carbocycles. The lowest BCUT2D eigenvalue weighted by Gasteiger charge is -2.19. The first-order valence-electron chi connectivity index (χ1n) is 9.68. The zero-order chi connectivity index (χ0) is 22.4. The predicted molar refractivity (Wildman–Crippen MR) is 121 cm³/mol. The quantitative estimate of drug-likeness (QED) is 0.573. The van der Waals surface area contributed by atoms with Crippen LogP contribution in [-0.4, -0.2) is 42.4 Å². The lowest BCUT2D eigenvalue weighted by Crippen LogP contribution is -2.35. The molecular weight excluding hydrogens is 414 g/mol. The van der Waals surface area contributed by atoms with Gasteiger partial charge in [-0.15, -0.1) is 11.3 Å². The number of nitrogens with one attached hydrogen (secondary N) is 1. The summed E-state index contributed by atoms with van der Waals surface area (Å²) in [5.41, 5.74) is 5.68. The van der Waals surface area contributed by atoms with Gasteiger partial charge >= 0.3 is 0 Å². The van der Waals surface area contributed by atoms with E-state index < -0.39 is 0 Å². The highest BCUT2D eigenvalue weighted by Gasteiger charge is 2.18. The molecule has 0 unspecified atom stereocenters. The van der Waals surface area contributed by atoms with E-state index >= 15 is 0 Å². The minimum Gasteiger partial charge on any atom is -0.493 e. The van der Waals surface area contributed by atoms with E-state index in [-0.39, 0.29) is 18.4 Å². The Morgan fingerprint density at radius 3 is 2.52 bits per heavy atom. The number of methoxy groups -OCH3 is 1. The molecule has 0 aliphatic heterocycles. The van der Waals surface area contributed by atoms with Crippen LogP contribution in [0.2, 0.25) is 0 Å². The second-order valence-electron chi connectivity index (χ2n) is 7.11. The number of para-hydroxylation sites is 1. The summed E-state index contributed by atoms with van der Waals surface area (Å²) < 4.78 is 11.1. The Hall–Kier alpha value is -3.39. The number of likely N-dealkylation sites (N-methyl/N-ethyl adjacent to an activating group) is 1. The third-order valence-electron chi connectivity index (χ3n) is 4.74. The van der Waals surface area contributed by atoms with E-state index in [1.807, 2.05) is 37.4 Å². The molecule has 1 aromatic heterocycles. The normalized spacial score (nSPS) is 10.5. The second kappa shape index (κ2) is 10.1. The number of ether oxygens (including phenoxy) is 2. The number of benzene rings is 2. The number of hydrogen-bond acceptors (Lipinski definition) is 6. The van der Waals surface area contributed by atoms with Crippen LogP contribution >= 0.6 is 11.3 Å². The van der Waals surface area contributed by atoms with E-state index in [1.54, 1.807) is 30.8 Å². The van der Waals surface area contributed by atoms with Crippen LogP contribution < -0.4 is 14.8 Å². The monoisotopic (exact) mass is 439 g/mol. The number of rotatable bonds is 8. The Morgan fingerprint density at radius 1 is 1.13 bits per heavy atom. The third kappa shape index (κ3) is 5.61. The number of carbonyl (C=O) groups excluding carboxylic acids is 2. The first-order chi connectivity index (χ1) is 14.9. The number of carbonyl (C=O) groups is 2. The highest BCUT2D eigenvalue weighted by Crippen LogP contribution is 2.29. The summed E-state index contributed by atoms with van der Waals surface area (Å²) >= 11 is 1.50. The van der Waals surface area contributed by atoms with Crippen LogP contribution in [0.4, 0.5) is 5.69 Å². The number of thiazole rings is 1. The summed E-state index contributed by atoms with van der Waals surface area (Å²) in [6, 6.07) is 10.8. The zero-order valence-corrected chi connectivity index (χ0v) is 18.8. The third-order valence-corrected chi connectivity index (χ3v) is 5.38. The summed E-state index contributed by atoms with van der Waals surface area (Å²) in [5.74, 6) is 0.404. The maximum atomic E-state index is 12.8. The van der Waals surface area contributed by atoms with Gasteiger partial charge < -0.3 is 19.7 Å². The van der Waals surface area contributed by atoms with Crippen molar-refractivity contribution < 1.29 is 19.1 Å². The smallest absolute Gasteiger partial charge is 0.254 e. The number of aryl methyl sites for hydroxylation is 2. The molecule has 0 radical (unpaired) electrons. The molecule has 2 amide bonds. The fraction of sp³-hybridized carbons (Fsp3) is 0.261. The molecule has 31 heavy (non-hydrogen) atoms. The van der Waals surface area contributed by atoms with Crippen molar-refractivity contribution in [2.45, 2.75) is 20.5 Å². The van der Waals surface area contributed by atoms with Gasteiger partial charge in [0.25, 0.3) is 5.91 Å². The topological polar surface area (TPSA) is 80.8 Å². The van der Waals surface area contributed by atoms with Crippen molar-refractivity contribution >= 4 is 28.8 Å². The molecule has 7 nitrogen and oxygen atoms in total. The first kappa shape index (κ1) is 22.3. The number of amides is 2. The summed E-state index contributed by atoms with van der Waals surface area (Å²) in [7, 11) is 3.10. The molecule has 8 heteroatoms. The van der Waals surface area contributed by atoms with Crippen molar-refractivity contribution in [1.82, 2.24) is 9.88 Å². The molecular formula is C23H25N3O4S. The maximum Gasteiger partial charge on any atom is 0.254 e. The van der Waals surface area contributed by atoms with Gasteiger partial charge in [0.1, 0.15) is 6.61 Å². The number of aromatic nitrogens is 1. The highest BCUT2D eigenvalue weighted by atomic mass is 32.1. The fourth-order valence-corrected chi connectivity index (χ4v) is 3.62. The van der Waals surface area contributed by atoms with Crippen molar-refractivity contribution in [3.05, 3.63) is 69.7 Å². The summed E-state index contributed by atoms with van der Waals surface area (Å²) in [6.07, 6.45) is 0. The van der Waals surface area contributed by atoms with Gasteiger partial charge in [-0.25, -0.2) is 4.98 Å². The van der Waals surface area contributed by atoms with Gasteiger partial charge in [-0.2, -0.15) is 0 Å². The number of nitrogens with zero attached hydrogens (tertiary/aromatic N) is 2. The summed E-state index contributed by atoms with van der Waals surface area (Å²) in [6.45, 7) is 4.10. The Balaban J connectivity index is 1.64. The first-order valence-corrected chi connectivity index (χ1v) is 10.6. The van der Waals surface area contributed by atoms with Gasteiger partial charge in [-0.3, -0.25) is 9.59 Å². The minimum absolute atomic E-state index is 0.0724. The van der Waals surface area contributed by atoms with Crippen LogP contribution in [0, 0.1) is 13.8 Å². The molecule has 2 aromatic carbocycles. The van der Waals surface area contributed by atoms with Gasteiger partial charge in [0.2, 0.25) is 5.91 Å². The van der Waals surface area contributed by atoms with E-state index in [0.717, 1.165) is 22.5 Å². The van der Waals surface area contributed by atoms with E-state index in [0.29, 0.717) is 23.7 Å². The molecule has 3 rings (SSSR count). The van der Waals surface area contributed by atoms with Gasteiger partial charge in [-0.05, 0) is 43.2 Å². The van der Waals surface area contributed by atoms with Gasteiger partial charge in [0, 0.05) is 23.7 Å². The van der Waals surface area contributed by atoms with Crippen LogP contribution in [0.1, 0.15) is 27.2 Å². The number of anilines is 1. The Morgan fingerprint density at radius 2 is 1.87 bits per heavy atom. The van der Waals surface area contributed by atoms with Crippen molar-refractivity contribution in [2.24, 2.45) is 0 Å². The summed E-state index contributed by atoms with van der Waals surface area (Å²) in [5, 5.41) is 4.80. The highest BCUT2D eigenvalue weighted by molar-refractivity contribution is 7.07. The second-order valence-corrected chi connectivity index (χ2v) is 7.83. The molecule has 0 atom stereocenters. The van der Waals surface area contributed by atoms with Gasteiger partial charge in [-0.1, -0.05) is 18.2 Å². The maximum absolute atomic E-state index is 12.8. The van der Waals surface area contributed by atoms with Crippen LogP contribution in [0.25, 0.3) is 0 Å². The van der Waals surface area contributed by atoms with Crippen LogP contribution in [-0.2, 0) is 11.4 Å². The lowest BCUT2D eigenvalue weighted by molar-refractivity contribution is -0.116. The Kier molecular flexibility index (Phi) is 7.25. The molecule has 0 fully saturated rings. The van der Waals surface area contributed by atoms with E-state index in [1.165, 1.54) is 23.3 Å². The Bertz CT molecular complexity index is 1050. The van der Waals surface area contributed by atoms with Crippen molar-refractivity contribution in [1.29, 1.82) is 0 Å². The average molecular weight is 440 g/mol. The molecule has 1 heterocycles. The lowest BCUT2D eigenvalue weighted by atomic mass is 10.1. The van der Waals surface area contributed by atoms with Crippen LogP contribution in [0.15, 0.2) is 47.3 Å². The molecule has 0 aliphatic carbocycles. The molecule has 0 bridgehead atoms. The molecule has 3 aromatic rings. The molecule has 1 N–H and O–H groups in total. The molecule has 0 spiro atoms. The Labute approximate surface area is 185 Å². The minimum atomic E-state index is -0.291. The standard InChI is InChI=1S/C23H25N3O4S/c1-15-6-5-7-16(2)22(15)25-21(27)11-26(3)23(28)17-8-9-19(20(10-17)29-4)30-12-18-13-31-14-24-18/h5-10,13-14H,11-12H2,1-4H3,(H,25,27). The van der Waals surface area contributed by atoms with Crippen LogP contribution in [0.3, 0.4) is 0 Å². The molecule has 162 valence electrons. The average Bonchev–Trinajstić information content (AvgIpc) is 3.28. The van der Waals surface area contributed by atoms with E-state index in [9.17, 15) is 9.59 Å². The number of hydrogen-bond donors (Lipinski definition) is 1. The zero-order valence-electron chi connectivity index (χ0n) is 18.0. The van der Waals surface area contributed by atoms with Crippen molar-refractivity contribution in [2.75, 3.05) is 26.0 Å². The van der Waals surface area contributed by atoms with Gasteiger partial charge in [0.05, 0.1) is 24.9 Å². The predicted octanol–water partition coefficient (Wildman–Crippen LogP) is 4.06. The van der Waals surface area contributed by atoms with Crippen LogP contribution in [0.5, 0.6) is 11.5 Å². The largest absolute Gasteiger partial charge is 0.493 e. The van der Waals surface area contributed by atoms with E-state index in [2.05, 4.69) is 10.3 Å². The fourth-order valence-electron chi connectivity index (χ4n) is 3.08. The summed E-state index contributed by atoms with van der Waals surface area (Å²) in [4.78, 5) is 30.9. The SMILES string of the molecule is COc1cc(C(=O)N(C)CC(=O)Nc2c(C)cccc2C)ccc1OCc1cscn1. The van der Waals surface area contributed by atoms with Gasteiger partial charge in [0.15, 0.2) is 11.5 Å². The van der Waals surface area contributed by atoms with Crippen molar-refractivity contribution in [3.8, 4) is 11.5 Å². The van der Waals surface area contributed by atoms with E-state index in [4.69, 9.17) is 9.47 Å². The molecule has 0 aliphatic rings. The molecule has 0 saturated heterocycles.